The SMILES string of the molecule is CCc1[nH]ncc1CC(OC=O)c1cccc2ncccc12. The lowest BCUT2D eigenvalue weighted by Gasteiger charge is -2.17. The first-order chi connectivity index (χ1) is 10.8. The van der Waals surface area contributed by atoms with Crippen LogP contribution in [0.3, 0.4) is 0 Å². The van der Waals surface area contributed by atoms with Crippen molar-refractivity contribution in [3.63, 3.8) is 0 Å². The minimum Gasteiger partial charge on any atom is -0.459 e. The third-order valence-corrected chi connectivity index (χ3v) is 3.81. The Morgan fingerprint density at radius 1 is 1.32 bits per heavy atom. The van der Waals surface area contributed by atoms with Crippen molar-refractivity contribution in [1.29, 1.82) is 0 Å². The first-order valence-electron chi connectivity index (χ1n) is 7.27. The lowest BCUT2D eigenvalue weighted by atomic mass is 9.97. The second-order valence-corrected chi connectivity index (χ2v) is 5.07. The van der Waals surface area contributed by atoms with Crippen molar-refractivity contribution < 1.29 is 9.53 Å². The van der Waals surface area contributed by atoms with E-state index in [9.17, 15) is 4.79 Å². The Hall–Kier alpha value is -2.69. The van der Waals surface area contributed by atoms with E-state index in [1.165, 1.54) is 0 Å². The second kappa shape index (κ2) is 6.39. The molecule has 1 aromatic carbocycles. The van der Waals surface area contributed by atoms with E-state index in [1.807, 2.05) is 30.3 Å². The molecule has 0 amide bonds. The molecular formula is C17H17N3O2. The van der Waals surface area contributed by atoms with Crippen molar-refractivity contribution in [3.05, 3.63) is 59.5 Å². The third-order valence-electron chi connectivity index (χ3n) is 3.81. The summed E-state index contributed by atoms with van der Waals surface area (Å²) in [4.78, 5) is 15.3. The van der Waals surface area contributed by atoms with Crippen LogP contribution in [0.1, 0.15) is 29.8 Å². The van der Waals surface area contributed by atoms with E-state index >= 15 is 0 Å². The molecule has 5 nitrogen and oxygen atoms in total. The van der Waals surface area contributed by atoms with Crippen LogP contribution in [0.4, 0.5) is 0 Å². The van der Waals surface area contributed by atoms with Gasteiger partial charge in [0.1, 0.15) is 6.10 Å². The molecule has 0 fully saturated rings. The van der Waals surface area contributed by atoms with Crippen molar-refractivity contribution >= 4 is 17.4 Å². The number of fused-ring (bicyclic) bond motifs is 1. The number of hydrogen-bond donors (Lipinski definition) is 1. The highest BCUT2D eigenvalue weighted by Crippen LogP contribution is 2.28. The van der Waals surface area contributed by atoms with Gasteiger partial charge in [-0.05, 0) is 24.1 Å². The molecule has 0 aliphatic rings. The molecule has 0 aliphatic carbocycles. The van der Waals surface area contributed by atoms with E-state index in [-0.39, 0.29) is 6.10 Å². The van der Waals surface area contributed by atoms with Gasteiger partial charge in [0.2, 0.25) is 0 Å². The minimum absolute atomic E-state index is 0.353. The summed E-state index contributed by atoms with van der Waals surface area (Å²) in [7, 11) is 0. The number of aromatic amines is 1. The summed E-state index contributed by atoms with van der Waals surface area (Å²) >= 11 is 0. The predicted octanol–water partition coefficient (Wildman–Crippen LogP) is 2.98. The normalized spacial score (nSPS) is 12.2. The van der Waals surface area contributed by atoms with E-state index in [0.717, 1.165) is 34.1 Å². The fraction of sp³-hybridized carbons (Fsp3) is 0.235. The number of carbonyl (C=O) groups excluding carboxylic acids is 1. The van der Waals surface area contributed by atoms with E-state index < -0.39 is 0 Å². The van der Waals surface area contributed by atoms with Gasteiger partial charge in [0.05, 0.1) is 11.7 Å². The first-order valence-corrected chi connectivity index (χ1v) is 7.27. The standard InChI is InChI=1S/C17H17N3O2/c1-2-15-12(10-19-20-15)9-17(22-11-21)14-5-3-7-16-13(14)6-4-8-18-16/h3-8,10-11,17H,2,9H2,1H3,(H,19,20). The molecule has 112 valence electrons. The summed E-state index contributed by atoms with van der Waals surface area (Å²) < 4.78 is 5.36. The average Bonchev–Trinajstić information content (AvgIpc) is 3.01. The zero-order valence-electron chi connectivity index (χ0n) is 12.3. The fourth-order valence-corrected chi connectivity index (χ4v) is 2.73. The third kappa shape index (κ3) is 2.70. The van der Waals surface area contributed by atoms with Gasteiger partial charge in [-0.2, -0.15) is 5.10 Å². The maximum atomic E-state index is 10.9. The highest BCUT2D eigenvalue weighted by atomic mass is 16.5. The minimum atomic E-state index is -0.353. The van der Waals surface area contributed by atoms with Gasteiger partial charge in [-0.15, -0.1) is 0 Å². The largest absolute Gasteiger partial charge is 0.459 e. The monoisotopic (exact) mass is 295 g/mol. The van der Waals surface area contributed by atoms with Crippen LogP contribution in [-0.4, -0.2) is 21.7 Å². The molecule has 0 bridgehead atoms. The molecule has 3 aromatic rings. The smallest absolute Gasteiger partial charge is 0.293 e. The number of ether oxygens (including phenoxy) is 1. The molecular weight excluding hydrogens is 278 g/mol. The topological polar surface area (TPSA) is 67.9 Å². The number of H-pyrrole nitrogens is 1. The van der Waals surface area contributed by atoms with Crippen LogP contribution in [0, 0.1) is 0 Å². The number of nitrogens with zero attached hydrogens (tertiary/aromatic N) is 2. The van der Waals surface area contributed by atoms with Crippen LogP contribution in [0.5, 0.6) is 0 Å². The van der Waals surface area contributed by atoms with E-state index in [0.29, 0.717) is 12.9 Å². The molecule has 3 rings (SSSR count). The van der Waals surface area contributed by atoms with Gasteiger partial charge in [0, 0.05) is 29.3 Å². The lowest BCUT2D eigenvalue weighted by molar-refractivity contribution is -0.133. The number of nitrogens with one attached hydrogen (secondary N) is 1. The molecule has 0 radical (unpaired) electrons. The van der Waals surface area contributed by atoms with Crippen LogP contribution in [0.25, 0.3) is 10.9 Å². The quantitative estimate of drug-likeness (QED) is 0.710. The number of hydrogen-bond acceptors (Lipinski definition) is 4. The Kier molecular flexibility index (Phi) is 4.14. The van der Waals surface area contributed by atoms with Crippen LogP contribution in [0.15, 0.2) is 42.7 Å². The summed E-state index contributed by atoms with van der Waals surface area (Å²) in [6.07, 6.45) is 4.65. The average molecular weight is 295 g/mol. The molecule has 0 spiro atoms. The highest BCUT2D eigenvalue weighted by molar-refractivity contribution is 5.82. The van der Waals surface area contributed by atoms with E-state index in [1.54, 1.807) is 12.4 Å². The number of aromatic nitrogens is 3. The summed E-state index contributed by atoms with van der Waals surface area (Å²) in [6.45, 7) is 2.57. The lowest BCUT2D eigenvalue weighted by Crippen LogP contribution is -2.08. The summed E-state index contributed by atoms with van der Waals surface area (Å²) in [6, 6.07) is 9.74. The Labute approximate surface area is 128 Å². The van der Waals surface area contributed by atoms with Crippen molar-refractivity contribution in [2.24, 2.45) is 0 Å². The zero-order chi connectivity index (χ0) is 15.4. The van der Waals surface area contributed by atoms with Gasteiger partial charge in [-0.3, -0.25) is 14.9 Å². The van der Waals surface area contributed by atoms with Crippen LogP contribution < -0.4 is 0 Å². The Balaban J connectivity index is 2.01. The predicted molar refractivity (Wildman–Crippen MR) is 83.3 cm³/mol. The van der Waals surface area contributed by atoms with Crippen LogP contribution >= 0.6 is 0 Å². The summed E-state index contributed by atoms with van der Waals surface area (Å²) in [5.74, 6) is 0. The van der Waals surface area contributed by atoms with Gasteiger partial charge in [-0.1, -0.05) is 25.1 Å². The zero-order valence-corrected chi connectivity index (χ0v) is 12.3. The summed E-state index contributed by atoms with van der Waals surface area (Å²) in [5.41, 5.74) is 3.98. The number of aryl methyl sites for hydroxylation is 1. The van der Waals surface area contributed by atoms with Gasteiger partial charge in [-0.25, -0.2) is 0 Å². The van der Waals surface area contributed by atoms with Gasteiger partial charge < -0.3 is 4.74 Å². The summed E-state index contributed by atoms with van der Waals surface area (Å²) in [5, 5.41) is 8.06. The molecule has 2 aromatic heterocycles. The van der Waals surface area contributed by atoms with Crippen LogP contribution in [0.2, 0.25) is 0 Å². The fourth-order valence-electron chi connectivity index (χ4n) is 2.73. The van der Waals surface area contributed by atoms with Gasteiger partial charge in [0.25, 0.3) is 6.47 Å². The maximum absolute atomic E-state index is 10.9. The van der Waals surface area contributed by atoms with Gasteiger partial charge >= 0.3 is 0 Å². The molecule has 1 N–H and O–H groups in total. The Morgan fingerprint density at radius 2 is 2.23 bits per heavy atom. The van der Waals surface area contributed by atoms with E-state index in [2.05, 4.69) is 22.1 Å². The second-order valence-electron chi connectivity index (χ2n) is 5.07. The van der Waals surface area contributed by atoms with Gasteiger partial charge in [0.15, 0.2) is 0 Å². The molecule has 0 saturated heterocycles. The number of benzene rings is 1. The molecule has 1 atom stereocenters. The van der Waals surface area contributed by atoms with E-state index in [4.69, 9.17) is 4.74 Å². The van der Waals surface area contributed by atoms with Crippen molar-refractivity contribution in [2.75, 3.05) is 0 Å². The van der Waals surface area contributed by atoms with Crippen molar-refractivity contribution in [1.82, 2.24) is 15.2 Å². The van der Waals surface area contributed by atoms with Crippen molar-refractivity contribution in [3.8, 4) is 0 Å². The number of carbonyl (C=O) groups is 1. The first kappa shape index (κ1) is 14.3. The van der Waals surface area contributed by atoms with Crippen LogP contribution in [-0.2, 0) is 22.4 Å². The molecule has 2 heterocycles. The molecule has 1 unspecified atom stereocenters. The molecule has 0 saturated carbocycles. The Bertz CT molecular complexity index is 777. The Morgan fingerprint density at radius 3 is 3.05 bits per heavy atom. The maximum Gasteiger partial charge on any atom is 0.293 e. The molecule has 22 heavy (non-hydrogen) atoms. The number of rotatable bonds is 6. The molecule has 0 aliphatic heterocycles. The number of pyridine rings is 1. The molecule has 5 heteroatoms. The highest BCUT2D eigenvalue weighted by Gasteiger charge is 2.18. The van der Waals surface area contributed by atoms with Crippen molar-refractivity contribution in [2.45, 2.75) is 25.9 Å².